The highest BCUT2D eigenvalue weighted by Gasteiger charge is 2.29. The number of hydrogen-bond acceptors (Lipinski definition) is 7. The first-order chi connectivity index (χ1) is 12.2. The molecule has 0 aliphatic heterocycles. The third-order valence-electron chi connectivity index (χ3n) is 4.70. The van der Waals surface area contributed by atoms with Crippen LogP contribution in [0.3, 0.4) is 0 Å². The van der Waals surface area contributed by atoms with Gasteiger partial charge in [-0.2, -0.15) is 0 Å². The second-order valence-corrected chi connectivity index (χ2v) is 9.37. The van der Waals surface area contributed by atoms with Gasteiger partial charge in [0.25, 0.3) is 0 Å². The molecule has 0 aromatic carbocycles. The Bertz CT molecular complexity index is 446. The molecule has 6 nitrogen and oxygen atoms in total. The van der Waals surface area contributed by atoms with Gasteiger partial charge < -0.3 is 19.3 Å². The van der Waals surface area contributed by atoms with Crippen LogP contribution in [0.2, 0.25) is 0 Å². The predicted octanol–water partition coefficient (Wildman–Crippen LogP) is 4.24. The number of esters is 2. The number of rotatable bonds is 10. The van der Waals surface area contributed by atoms with Gasteiger partial charge in [0.15, 0.2) is 6.29 Å². The lowest BCUT2D eigenvalue weighted by Crippen LogP contribution is -2.33. The third-order valence-corrected chi connectivity index (χ3v) is 5.93. The summed E-state index contributed by atoms with van der Waals surface area (Å²) in [6.45, 7) is 15.2. The number of hydrogen-bond donors (Lipinski definition) is 1. The maximum atomic E-state index is 11.7. The Morgan fingerprint density at radius 2 is 1.37 bits per heavy atom. The minimum atomic E-state index is -0.812. The molecule has 1 atom stereocenters. The average Bonchev–Trinajstić information content (AvgIpc) is 2.63. The van der Waals surface area contributed by atoms with E-state index in [1.54, 1.807) is 0 Å². The molecule has 0 aromatic rings. The molecule has 0 saturated heterocycles. The van der Waals surface area contributed by atoms with Gasteiger partial charge in [-0.15, -0.1) is 11.8 Å². The zero-order valence-electron chi connectivity index (χ0n) is 18.8. The summed E-state index contributed by atoms with van der Waals surface area (Å²) in [6, 6.07) is 0. The lowest BCUT2D eigenvalue weighted by molar-refractivity contribution is -0.152. The van der Waals surface area contributed by atoms with Crippen LogP contribution in [0, 0.1) is 16.2 Å². The van der Waals surface area contributed by atoms with E-state index in [1.807, 2.05) is 55.4 Å². The van der Waals surface area contributed by atoms with E-state index in [4.69, 9.17) is 9.47 Å². The minimum absolute atomic E-state index is 0.134. The average molecular weight is 409 g/mol. The maximum absolute atomic E-state index is 11.7. The molecular formula is C20H40O6S. The number of aliphatic hydroxyl groups excluding tert-OH is 1. The van der Waals surface area contributed by atoms with E-state index in [0.717, 1.165) is 12.8 Å². The van der Waals surface area contributed by atoms with Crippen LogP contribution in [-0.2, 0) is 23.8 Å². The first kappa shape index (κ1) is 28.4. The normalized spacial score (nSPS) is 13.3. The van der Waals surface area contributed by atoms with Gasteiger partial charge in [-0.3, -0.25) is 9.59 Å². The lowest BCUT2D eigenvalue weighted by atomic mass is 9.91. The van der Waals surface area contributed by atoms with E-state index in [2.05, 4.69) is 4.74 Å². The summed E-state index contributed by atoms with van der Waals surface area (Å²) in [5, 5.41) is 9.62. The van der Waals surface area contributed by atoms with Crippen molar-refractivity contribution in [2.75, 3.05) is 25.9 Å². The number of aliphatic hydroxyl groups is 1. The fraction of sp³-hybridized carbons (Fsp3) is 0.900. The Hall–Kier alpha value is -0.790. The standard InChI is InChI=1S/C13H26O4S.C7H14O2/c1-7-12(2,3)11(15)17-9-18-8-13(4,5)10(14)16-6;1-5-7(2,3)6(8)9-4/h10,14H,7-9H2,1-6H3;5H2,1-4H3. The van der Waals surface area contributed by atoms with Crippen LogP contribution in [0.1, 0.15) is 68.2 Å². The summed E-state index contributed by atoms with van der Waals surface area (Å²) in [4.78, 5) is 22.5. The Kier molecular flexibility index (Phi) is 13.3. The monoisotopic (exact) mass is 408 g/mol. The molecule has 1 unspecified atom stereocenters. The maximum Gasteiger partial charge on any atom is 0.312 e. The van der Waals surface area contributed by atoms with Crippen LogP contribution < -0.4 is 0 Å². The van der Waals surface area contributed by atoms with Crippen molar-refractivity contribution in [2.45, 2.75) is 74.5 Å². The highest BCUT2D eigenvalue weighted by atomic mass is 32.2. The first-order valence-electron chi connectivity index (χ1n) is 9.26. The fourth-order valence-corrected chi connectivity index (χ4v) is 2.49. The van der Waals surface area contributed by atoms with Crippen LogP contribution in [0.5, 0.6) is 0 Å². The number of carbonyl (C=O) groups is 2. The summed E-state index contributed by atoms with van der Waals surface area (Å²) in [7, 11) is 2.89. The Balaban J connectivity index is 0. The van der Waals surface area contributed by atoms with Gasteiger partial charge in [0.1, 0.15) is 5.94 Å². The highest BCUT2D eigenvalue weighted by molar-refractivity contribution is 7.99. The molecule has 0 amide bonds. The molecule has 27 heavy (non-hydrogen) atoms. The topological polar surface area (TPSA) is 82.1 Å². The quantitative estimate of drug-likeness (QED) is 0.329. The summed E-state index contributed by atoms with van der Waals surface area (Å²) < 4.78 is 14.7. The van der Waals surface area contributed by atoms with Crippen molar-refractivity contribution in [1.29, 1.82) is 0 Å². The molecule has 0 aromatic heterocycles. The number of carbonyl (C=O) groups excluding carboxylic acids is 2. The molecule has 0 spiro atoms. The number of methoxy groups -OCH3 is 2. The molecule has 0 radical (unpaired) electrons. The van der Waals surface area contributed by atoms with Crippen molar-refractivity contribution < 1.29 is 28.9 Å². The second-order valence-electron chi connectivity index (χ2n) is 8.44. The molecule has 0 saturated carbocycles. The molecule has 0 fully saturated rings. The lowest BCUT2D eigenvalue weighted by Gasteiger charge is -2.28. The Morgan fingerprint density at radius 1 is 0.926 bits per heavy atom. The van der Waals surface area contributed by atoms with Gasteiger partial charge in [-0.1, -0.05) is 27.7 Å². The molecule has 1 N–H and O–H groups in total. The molecule has 0 aliphatic rings. The van der Waals surface area contributed by atoms with E-state index in [0.29, 0.717) is 11.7 Å². The van der Waals surface area contributed by atoms with Crippen LogP contribution in [0.25, 0.3) is 0 Å². The summed E-state index contributed by atoms with van der Waals surface area (Å²) in [5.74, 6) is 0.650. The summed E-state index contributed by atoms with van der Waals surface area (Å²) in [6.07, 6.45) is 0.761. The molecule has 0 bridgehead atoms. The van der Waals surface area contributed by atoms with Crippen LogP contribution in [0.4, 0.5) is 0 Å². The van der Waals surface area contributed by atoms with Crippen molar-refractivity contribution in [3.05, 3.63) is 0 Å². The zero-order chi connectivity index (χ0) is 21.9. The third kappa shape index (κ3) is 11.0. The fourth-order valence-electron chi connectivity index (χ4n) is 1.55. The van der Waals surface area contributed by atoms with Gasteiger partial charge in [-0.25, -0.2) is 0 Å². The molecule has 0 aliphatic carbocycles. The van der Waals surface area contributed by atoms with E-state index >= 15 is 0 Å². The molecule has 162 valence electrons. The van der Waals surface area contributed by atoms with E-state index in [1.165, 1.54) is 26.0 Å². The van der Waals surface area contributed by atoms with Crippen LogP contribution in [0.15, 0.2) is 0 Å². The van der Waals surface area contributed by atoms with Gasteiger partial charge in [0.2, 0.25) is 0 Å². The minimum Gasteiger partial charge on any atom is -0.469 e. The SMILES string of the molecule is CCC(C)(C)C(=O)OC.CCC(C)(C)C(=O)OCSCC(C)(C)C(O)OC. The van der Waals surface area contributed by atoms with Crippen molar-refractivity contribution in [1.82, 2.24) is 0 Å². The van der Waals surface area contributed by atoms with E-state index in [-0.39, 0.29) is 22.8 Å². The van der Waals surface area contributed by atoms with Crippen LogP contribution in [-0.4, -0.2) is 49.2 Å². The van der Waals surface area contributed by atoms with Gasteiger partial charge in [0, 0.05) is 18.3 Å². The zero-order valence-corrected chi connectivity index (χ0v) is 19.6. The predicted molar refractivity (Wildman–Crippen MR) is 110 cm³/mol. The van der Waals surface area contributed by atoms with Gasteiger partial charge in [-0.05, 0) is 40.5 Å². The van der Waals surface area contributed by atoms with E-state index in [9.17, 15) is 14.7 Å². The Labute approximate surface area is 169 Å². The number of thioether (sulfide) groups is 1. The van der Waals surface area contributed by atoms with Gasteiger partial charge in [0.05, 0.1) is 17.9 Å². The van der Waals surface area contributed by atoms with Crippen LogP contribution >= 0.6 is 11.8 Å². The summed E-state index contributed by atoms with van der Waals surface area (Å²) in [5.41, 5.74) is -1.11. The Morgan fingerprint density at radius 3 is 1.70 bits per heavy atom. The van der Waals surface area contributed by atoms with E-state index < -0.39 is 11.7 Å². The van der Waals surface area contributed by atoms with Crippen molar-refractivity contribution in [3.63, 3.8) is 0 Å². The largest absolute Gasteiger partial charge is 0.469 e. The number of ether oxygens (including phenoxy) is 3. The highest BCUT2D eigenvalue weighted by Crippen LogP contribution is 2.27. The van der Waals surface area contributed by atoms with Crippen molar-refractivity contribution in [3.8, 4) is 0 Å². The second kappa shape index (κ2) is 12.6. The molecular weight excluding hydrogens is 368 g/mol. The summed E-state index contributed by atoms with van der Waals surface area (Å²) >= 11 is 1.48. The molecule has 0 rings (SSSR count). The van der Waals surface area contributed by atoms with Crippen molar-refractivity contribution >= 4 is 23.7 Å². The first-order valence-corrected chi connectivity index (χ1v) is 10.4. The van der Waals surface area contributed by atoms with Gasteiger partial charge >= 0.3 is 11.9 Å². The molecule has 0 heterocycles. The smallest absolute Gasteiger partial charge is 0.312 e. The molecule has 7 heteroatoms. The van der Waals surface area contributed by atoms with Crippen molar-refractivity contribution in [2.24, 2.45) is 16.2 Å².